The van der Waals surface area contributed by atoms with E-state index in [1.54, 1.807) is 0 Å². The molecule has 0 heterocycles. The van der Waals surface area contributed by atoms with Crippen LogP contribution in [0.5, 0.6) is 0 Å². The second-order valence-electron chi connectivity index (χ2n) is 0.759. The van der Waals surface area contributed by atoms with Crippen LogP contribution in [-0.4, -0.2) is 5.78 Å². The first kappa shape index (κ1) is 6.10. The van der Waals surface area contributed by atoms with Gasteiger partial charge in [0.2, 0.25) is 0 Å². The molecule has 0 fully saturated rings. The Balaban J connectivity index is 3.84. The second kappa shape index (κ2) is 3.30. The molecule has 0 aromatic rings. The van der Waals surface area contributed by atoms with Gasteiger partial charge >= 0.3 is 41.7 Å². The van der Waals surface area contributed by atoms with Gasteiger partial charge in [0.05, 0.1) is 0 Å². The Morgan fingerprint density at radius 2 is 2.50 bits per heavy atom. The van der Waals surface area contributed by atoms with E-state index >= 15 is 0 Å². The maximum absolute atomic E-state index is 9.86. The third kappa shape index (κ3) is 4.10. The molecule has 1 nitrogen and oxygen atoms in total. The summed E-state index contributed by atoms with van der Waals surface area (Å²) in [5, 5.41) is 0. The van der Waals surface area contributed by atoms with Gasteiger partial charge in [0, 0.05) is 0 Å². The Morgan fingerprint density at radius 3 is 2.50 bits per heavy atom. The van der Waals surface area contributed by atoms with Crippen molar-refractivity contribution in [2.45, 2.75) is 6.92 Å². The van der Waals surface area contributed by atoms with Gasteiger partial charge in [0.25, 0.3) is 0 Å². The molecule has 0 spiro atoms. The number of ketones is 1. The molecule has 32 valence electrons. The van der Waals surface area contributed by atoms with Crippen molar-refractivity contribution in [1.29, 1.82) is 0 Å². The van der Waals surface area contributed by atoms with E-state index in [1.807, 2.05) is 0 Å². The van der Waals surface area contributed by atoms with Crippen molar-refractivity contribution < 1.29 is 4.79 Å². The fraction of sp³-hybridized carbons (Fsp3) is 0.333. The minimum atomic E-state index is -0.0772. The van der Waals surface area contributed by atoms with E-state index in [4.69, 9.17) is 0 Å². The standard InChI is InChI=1S/C3H3OPS/c1-3(4)2-5-6/h1H3. The molecule has 0 aromatic carbocycles. The molecule has 3 heteroatoms. The monoisotopic (exact) mass is 118 g/mol. The Morgan fingerprint density at radius 1 is 2.00 bits per heavy atom. The summed E-state index contributed by atoms with van der Waals surface area (Å²) < 4.78 is 0. The molecule has 0 saturated carbocycles. The summed E-state index contributed by atoms with van der Waals surface area (Å²) in [5.74, 6) is -0.0772. The van der Waals surface area contributed by atoms with Crippen LogP contribution in [0.3, 0.4) is 0 Å². The quantitative estimate of drug-likeness (QED) is 0.440. The van der Waals surface area contributed by atoms with Gasteiger partial charge in [-0.05, 0) is 0 Å². The number of Topliss-reactive ketones (excluding diaryl/α,β-unsaturated/α-hetero) is 1. The van der Waals surface area contributed by atoms with E-state index in [0.29, 0.717) is 6.81 Å². The van der Waals surface area contributed by atoms with E-state index in [9.17, 15) is 4.79 Å². The number of rotatable bonds is 0. The first-order valence-electron chi connectivity index (χ1n) is 1.36. The summed E-state index contributed by atoms with van der Waals surface area (Å²) in [4.78, 5) is 9.86. The van der Waals surface area contributed by atoms with Crippen molar-refractivity contribution >= 4 is 24.4 Å². The van der Waals surface area contributed by atoms with Crippen LogP contribution in [0.15, 0.2) is 0 Å². The molecule has 0 unspecified atom stereocenters. The summed E-state index contributed by atoms with van der Waals surface area (Å²) in [6.45, 7) is 1.94. The van der Waals surface area contributed by atoms with Crippen LogP contribution in [0.25, 0.3) is 0 Å². The Bertz CT molecular complexity index is 143. The van der Waals surface area contributed by atoms with Crippen LogP contribution < -0.4 is 0 Å². The average molecular weight is 118 g/mol. The molecule has 6 heavy (non-hydrogen) atoms. The molecule has 0 aliphatic heterocycles. The SMILES string of the molecule is CC(=O)C#P=S. The molecular weight excluding hydrogens is 115 g/mol. The van der Waals surface area contributed by atoms with Crippen molar-refractivity contribution in [3.63, 3.8) is 0 Å². The van der Waals surface area contributed by atoms with Crippen molar-refractivity contribution in [1.82, 2.24) is 0 Å². The Labute approximate surface area is 42.5 Å². The maximum atomic E-state index is 9.86. The van der Waals surface area contributed by atoms with Crippen LogP contribution in [0.2, 0.25) is 0 Å². The molecule has 0 rings (SSSR count). The van der Waals surface area contributed by atoms with Crippen LogP contribution in [0.4, 0.5) is 0 Å². The van der Waals surface area contributed by atoms with Crippen LogP contribution in [-0.2, 0) is 16.6 Å². The molecule has 0 saturated heterocycles. The first-order valence-corrected chi connectivity index (χ1v) is 3.27. The zero-order valence-corrected chi connectivity index (χ0v) is 4.97. The van der Waals surface area contributed by atoms with Crippen molar-refractivity contribution in [3.8, 4) is 5.63 Å². The first-order chi connectivity index (χ1) is 2.77. The summed E-state index contributed by atoms with van der Waals surface area (Å²) in [6, 6.07) is 0. The van der Waals surface area contributed by atoms with Crippen LogP contribution in [0, 0.1) is 5.63 Å². The summed E-state index contributed by atoms with van der Waals surface area (Å²) >= 11 is 4.37. The van der Waals surface area contributed by atoms with E-state index in [1.165, 1.54) is 6.92 Å². The predicted molar refractivity (Wildman–Crippen MR) is 28.9 cm³/mol. The Hall–Kier alpha value is 0.1000. The van der Waals surface area contributed by atoms with E-state index in [2.05, 4.69) is 17.4 Å². The number of carbonyl (C=O) groups excluding carboxylic acids is 1. The molecule has 0 atom stereocenters. The van der Waals surface area contributed by atoms with E-state index < -0.39 is 0 Å². The number of carbonyl (C=O) groups is 1. The van der Waals surface area contributed by atoms with Crippen LogP contribution >= 0.6 is 6.81 Å². The molecule has 0 aliphatic rings. The van der Waals surface area contributed by atoms with Gasteiger partial charge in [0.1, 0.15) is 0 Å². The fourth-order valence-electron chi connectivity index (χ4n) is 0.0643. The molecule has 0 N–H and O–H groups in total. The zero-order valence-electron chi connectivity index (χ0n) is 3.26. The number of hydrogen-bond acceptors (Lipinski definition) is 2. The van der Waals surface area contributed by atoms with Crippen LogP contribution in [0.1, 0.15) is 6.92 Å². The second-order valence-corrected chi connectivity index (χ2v) is 1.71. The third-order valence-electron chi connectivity index (χ3n) is 0.203. The normalized spacial score (nSPS) is 6.17. The molecule has 0 aliphatic carbocycles. The molecule has 0 bridgehead atoms. The van der Waals surface area contributed by atoms with E-state index in [-0.39, 0.29) is 5.78 Å². The van der Waals surface area contributed by atoms with Crippen molar-refractivity contribution in [2.75, 3.05) is 0 Å². The van der Waals surface area contributed by atoms with Gasteiger partial charge in [-0.1, -0.05) is 0 Å². The summed E-state index contributed by atoms with van der Waals surface area (Å²) in [6.07, 6.45) is 0. The molecule has 0 radical (unpaired) electrons. The molecule has 0 amide bonds. The van der Waals surface area contributed by atoms with Crippen molar-refractivity contribution in [3.05, 3.63) is 0 Å². The van der Waals surface area contributed by atoms with E-state index in [0.717, 1.165) is 0 Å². The summed E-state index contributed by atoms with van der Waals surface area (Å²) in [7, 11) is 0. The predicted octanol–water partition coefficient (Wildman–Crippen LogP) is 0.943. The van der Waals surface area contributed by atoms with Gasteiger partial charge < -0.3 is 0 Å². The van der Waals surface area contributed by atoms with Crippen molar-refractivity contribution in [2.24, 2.45) is 0 Å². The van der Waals surface area contributed by atoms with Gasteiger partial charge in [0.15, 0.2) is 0 Å². The number of hydrogen-bond donors (Lipinski definition) is 0. The van der Waals surface area contributed by atoms with Gasteiger partial charge in [-0.2, -0.15) is 0 Å². The average Bonchev–Trinajstić information content (AvgIpc) is 1.35. The molecule has 0 aromatic heterocycles. The molecular formula is C3H3OPS. The Kier molecular flexibility index (Phi) is 3.35. The fourth-order valence-corrected chi connectivity index (χ4v) is 0.578. The van der Waals surface area contributed by atoms with Gasteiger partial charge in [-0.15, -0.1) is 0 Å². The third-order valence-corrected chi connectivity index (χ3v) is 0.883. The minimum absolute atomic E-state index is 0.0772. The van der Waals surface area contributed by atoms with Gasteiger partial charge in [-0.25, -0.2) is 0 Å². The zero-order chi connectivity index (χ0) is 4.99. The van der Waals surface area contributed by atoms with Gasteiger partial charge in [-0.3, -0.25) is 0 Å². The topological polar surface area (TPSA) is 17.1 Å². The summed E-state index contributed by atoms with van der Waals surface area (Å²) in [5.41, 5.74) is 2.36.